The Hall–Kier alpha value is -3.00. The van der Waals surface area contributed by atoms with Gasteiger partial charge in [0.1, 0.15) is 18.3 Å². The van der Waals surface area contributed by atoms with Crippen molar-refractivity contribution in [1.29, 1.82) is 0 Å². The van der Waals surface area contributed by atoms with Gasteiger partial charge in [-0.15, -0.1) is 0 Å². The van der Waals surface area contributed by atoms with Gasteiger partial charge in [0.2, 0.25) is 0 Å². The summed E-state index contributed by atoms with van der Waals surface area (Å²) >= 11 is 0. The molecule has 1 fully saturated rings. The molecule has 1 saturated heterocycles. The first-order chi connectivity index (χ1) is 12.9. The minimum Gasteiger partial charge on any atom is -0.386 e. The van der Waals surface area contributed by atoms with Crippen molar-refractivity contribution in [3.05, 3.63) is 60.2 Å². The van der Waals surface area contributed by atoms with E-state index in [0.717, 1.165) is 5.69 Å². The van der Waals surface area contributed by atoms with Crippen molar-refractivity contribution in [2.45, 2.75) is 19.2 Å². The number of rotatable bonds is 5. The molecule has 0 bridgehead atoms. The Morgan fingerprint density at radius 2 is 1.93 bits per heavy atom. The van der Waals surface area contributed by atoms with Crippen LogP contribution in [0.2, 0.25) is 0 Å². The van der Waals surface area contributed by atoms with Crippen molar-refractivity contribution < 1.29 is 13.9 Å². The van der Waals surface area contributed by atoms with Gasteiger partial charge in [-0.25, -0.2) is 18.4 Å². The molecule has 0 saturated carbocycles. The number of hydrogen-bond acceptors (Lipinski definition) is 5. The average Bonchev–Trinajstić information content (AvgIpc) is 3.11. The molecular weight excluding hydrogens is 352 g/mol. The molecule has 0 amide bonds. The summed E-state index contributed by atoms with van der Waals surface area (Å²) in [5, 5.41) is 17.3. The van der Waals surface area contributed by atoms with Gasteiger partial charge < -0.3 is 15.3 Å². The largest absolute Gasteiger partial charge is 0.386 e. The summed E-state index contributed by atoms with van der Waals surface area (Å²) < 4.78 is 27.5. The second-order valence-corrected chi connectivity index (χ2v) is 6.94. The lowest BCUT2D eigenvalue weighted by Crippen LogP contribution is -2.60. The summed E-state index contributed by atoms with van der Waals surface area (Å²) in [4.78, 5) is 6.54. The molecule has 0 aliphatic carbocycles. The molecule has 3 heterocycles. The maximum atomic E-state index is 13.1. The number of aromatic nitrogens is 3. The molecule has 1 aliphatic rings. The number of aliphatic hydroxyl groups is 1. The highest BCUT2D eigenvalue weighted by atomic mass is 19.1. The summed E-state index contributed by atoms with van der Waals surface area (Å²) in [7, 11) is 0. The van der Waals surface area contributed by atoms with Crippen molar-refractivity contribution in [3.63, 3.8) is 0 Å². The molecule has 2 aromatic heterocycles. The van der Waals surface area contributed by atoms with Crippen LogP contribution in [0, 0.1) is 5.82 Å². The van der Waals surface area contributed by atoms with Gasteiger partial charge >= 0.3 is 0 Å². The van der Waals surface area contributed by atoms with E-state index >= 15 is 0 Å². The Morgan fingerprint density at radius 3 is 2.56 bits per heavy atom. The zero-order valence-electron chi connectivity index (χ0n) is 14.7. The zero-order valence-corrected chi connectivity index (χ0v) is 14.7. The van der Waals surface area contributed by atoms with Crippen LogP contribution in [-0.2, 0) is 6.67 Å². The van der Waals surface area contributed by atoms with Crippen LogP contribution in [0.3, 0.4) is 0 Å². The predicted octanol–water partition coefficient (Wildman–Crippen LogP) is 3.19. The summed E-state index contributed by atoms with van der Waals surface area (Å²) in [6.07, 6.45) is 1.65. The number of nitrogens with one attached hydrogen (secondary N) is 1. The number of benzene rings is 1. The summed E-state index contributed by atoms with van der Waals surface area (Å²) in [6, 6.07) is 11.2. The van der Waals surface area contributed by atoms with Crippen molar-refractivity contribution >= 4 is 17.2 Å². The molecule has 4 rings (SSSR count). The van der Waals surface area contributed by atoms with Gasteiger partial charge in [0.15, 0.2) is 5.82 Å². The molecule has 6 nitrogen and oxygen atoms in total. The van der Waals surface area contributed by atoms with Crippen LogP contribution < -0.4 is 10.2 Å². The van der Waals surface area contributed by atoms with Crippen molar-refractivity contribution in [2.24, 2.45) is 0 Å². The van der Waals surface area contributed by atoms with Crippen LogP contribution in [0.1, 0.15) is 12.6 Å². The molecule has 8 heteroatoms. The topological polar surface area (TPSA) is 66.2 Å². The van der Waals surface area contributed by atoms with Crippen molar-refractivity contribution in [1.82, 2.24) is 14.8 Å². The number of anilines is 3. The molecule has 1 aliphatic heterocycles. The second kappa shape index (κ2) is 6.62. The maximum absolute atomic E-state index is 13.1. The van der Waals surface area contributed by atoms with E-state index in [2.05, 4.69) is 15.4 Å². The van der Waals surface area contributed by atoms with E-state index in [9.17, 15) is 13.9 Å². The minimum atomic E-state index is -0.721. The van der Waals surface area contributed by atoms with Gasteiger partial charge in [0.25, 0.3) is 0 Å². The van der Waals surface area contributed by atoms with Crippen LogP contribution in [-0.4, -0.2) is 38.6 Å². The highest BCUT2D eigenvalue weighted by Crippen LogP contribution is 2.31. The predicted molar refractivity (Wildman–Crippen MR) is 98.7 cm³/mol. The zero-order chi connectivity index (χ0) is 19.0. The summed E-state index contributed by atoms with van der Waals surface area (Å²) in [6.45, 7) is 2.13. The fourth-order valence-electron chi connectivity index (χ4n) is 3.07. The first-order valence-corrected chi connectivity index (χ1v) is 8.55. The highest BCUT2D eigenvalue weighted by molar-refractivity contribution is 5.65. The minimum absolute atomic E-state index is 0.318. The SMILES string of the molecule is CC1(O)CN(c2cc(Nc3ccc(F)cc3)nc(-n3ccc(CF)n3)c2)C1. The standard InChI is InChI=1S/C19H19F2N5O/c1-19(27)11-25(12-19)16-8-17(22-14-4-2-13(21)3-5-14)23-18(9-16)26-7-6-15(10-20)24-26/h2-9,27H,10-12H2,1H3,(H,22,23). The Bertz CT molecular complexity index is 947. The van der Waals surface area contributed by atoms with Crippen LogP contribution in [0.4, 0.5) is 26.0 Å². The average molecular weight is 371 g/mol. The molecule has 3 aromatic rings. The fourth-order valence-corrected chi connectivity index (χ4v) is 3.07. The molecule has 0 unspecified atom stereocenters. The van der Waals surface area contributed by atoms with Crippen LogP contribution in [0.25, 0.3) is 5.82 Å². The maximum Gasteiger partial charge on any atom is 0.157 e. The quantitative estimate of drug-likeness (QED) is 0.721. The number of alkyl halides is 1. The van der Waals surface area contributed by atoms with Crippen molar-refractivity contribution in [2.75, 3.05) is 23.3 Å². The molecule has 140 valence electrons. The Morgan fingerprint density at radius 1 is 1.19 bits per heavy atom. The van der Waals surface area contributed by atoms with Gasteiger partial charge in [-0.2, -0.15) is 5.10 Å². The number of nitrogens with zero attached hydrogens (tertiary/aromatic N) is 4. The van der Waals surface area contributed by atoms with E-state index in [1.807, 2.05) is 17.0 Å². The third-order valence-corrected chi connectivity index (χ3v) is 4.36. The molecule has 0 radical (unpaired) electrons. The van der Waals surface area contributed by atoms with E-state index in [4.69, 9.17) is 0 Å². The van der Waals surface area contributed by atoms with Gasteiger partial charge in [0, 0.05) is 42.8 Å². The highest BCUT2D eigenvalue weighted by Gasteiger charge is 2.37. The van der Waals surface area contributed by atoms with E-state index in [0.29, 0.717) is 36.1 Å². The van der Waals surface area contributed by atoms with E-state index < -0.39 is 12.3 Å². The molecule has 1 aromatic carbocycles. The Labute approximate surface area is 155 Å². The monoisotopic (exact) mass is 371 g/mol. The molecule has 0 atom stereocenters. The smallest absolute Gasteiger partial charge is 0.157 e. The van der Waals surface area contributed by atoms with Gasteiger partial charge in [0.05, 0.1) is 11.3 Å². The van der Waals surface area contributed by atoms with Crippen LogP contribution in [0.15, 0.2) is 48.7 Å². The van der Waals surface area contributed by atoms with Gasteiger partial charge in [-0.3, -0.25) is 0 Å². The fraction of sp³-hybridized carbons (Fsp3) is 0.263. The first kappa shape index (κ1) is 17.4. The number of β-amino-alcohol motifs (C(OH)–C–C–N with tert-alkyl or cyclic N) is 1. The summed E-state index contributed by atoms with van der Waals surface area (Å²) in [5.74, 6) is 0.738. The van der Waals surface area contributed by atoms with E-state index in [1.54, 1.807) is 31.3 Å². The van der Waals surface area contributed by atoms with Crippen LogP contribution in [0.5, 0.6) is 0 Å². The normalized spacial score (nSPS) is 15.5. The lowest BCUT2D eigenvalue weighted by Gasteiger charge is -2.45. The lowest BCUT2D eigenvalue weighted by atomic mass is 9.96. The third kappa shape index (κ3) is 3.75. The molecule has 27 heavy (non-hydrogen) atoms. The molecule has 2 N–H and O–H groups in total. The Kier molecular flexibility index (Phi) is 4.27. The van der Waals surface area contributed by atoms with E-state index in [-0.39, 0.29) is 5.82 Å². The first-order valence-electron chi connectivity index (χ1n) is 8.55. The van der Waals surface area contributed by atoms with Gasteiger partial charge in [-0.1, -0.05) is 0 Å². The molecular formula is C19H19F2N5O. The lowest BCUT2D eigenvalue weighted by molar-refractivity contribution is 0.0310. The van der Waals surface area contributed by atoms with Crippen LogP contribution >= 0.6 is 0 Å². The van der Waals surface area contributed by atoms with Gasteiger partial charge in [-0.05, 0) is 37.3 Å². The third-order valence-electron chi connectivity index (χ3n) is 4.36. The molecule has 0 spiro atoms. The Balaban J connectivity index is 1.68. The second-order valence-electron chi connectivity index (χ2n) is 6.94. The number of hydrogen-bond donors (Lipinski definition) is 2. The van der Waals surface area contributed by atoms with Crippen molar-refractivity contribution in [3.8, 4) is 5.82 Å². The summed E-state index contributed by atoms with van der Waals surface area (Å²) in [5.41, 5.74) is 1.14. The number of pyridine rings is 1. The van der Waals surface area contributed by atoms with E-state index in [1.165, 1.54) is 16.8 Å². The number of halogens is 2.